The number of carbonyl (C=O) groups excluding carboxylic acids is 2. The number of halogens is 2. The number of imide groups is 1. The van der Waals surface area contributed by atoms with Crippen molar-refractivity contribution < 1.29 is 9.59 Å². The second-order valence-corrected chi connectivity index (χ2v) is 5.05. The summed E-state index contributed by atoms with van der Waals surface area (Å²) in [5, 5.41) is 11.8. The van der Waals surface area contributed by atoms with E-state index in [0.29, 0.717) is 15.6 Å². The van der Waals surface area contributed by atoms with Gasteiger partial charge in [0.15, 0.2) is 0 Å². The van der Waals surface area contributed by atoms with Crippen LogP contribution >= 0.6 is 23.2 Å². The van der Waals surface area contributed by atoms with E-state index >= 15 is 0 Å². The average molecular weight is 298 g/mol. The van der Waals surface area contributed by atoms with Crippen LogP contribution < -0.4 is 5.32 Å². The zero-order valence-electron chi connectivity index (χ0n) is 9.91. The molecule has 5 nitrogen and oxygen atoms in total. The molecule has 3 amide bonds. The van der Waals surface area contributed by atoms with Gasteiger partial charge < -0.3 is 5.32 Å². The summed E-state index contributed by atoms with van der Waals surface area (Å²) in [6.45, 7) is 1.27. The van der Waals surface area contributed by atoms with Gasteiger partial charge in [-0.3, -0.25) is 4.79 Å². The first-order valence-electron chi connectivity index (χ1n) is 5.36. The molecule has 1 fully saturated rings. The van der Waals surface area contributed by atoms with Crippen molar-refractivity contribution >= 4 is 35.1 Å². The Balaban J connectivity index is 2.44. The number of hydrogen-bond donors (Lipinski definition) is 1. The van der Waals surface area contributed by atoms with Crippen LogP contribution in [0.25, 0.3) is 0 Å². The molecule has 0 aliphatic carbocycles. The van der Waals surface area contributed by atoms with Crippen LogP contribution in [0, 0.1) is 11.3 Å². The fourth-order valence-corrected chi connectivity index (χ4v) is 2.21. The number of carbonyl (C=O) groups is 2. The highest BCUT2D eigenvalue weighted by Crippen LogP contribution is 2.32. The Morgan fingerprint density at radius 2 is 2.05 bits per heavy atom. The van der Waals surface area contributed by atoms with Crippen LogP contribution in [0.4, 0.5) is 4.79 Å². The van der Waals surface area contributed by atoms with Gasteiger partial charge in [0.25, 0.3) is 5.91 Å². The molecule has 0 radical (unpaired) electrons. The molecule has 0 saturated carbocycles. The van der Waals surface area contributed by atoms with E-state index in [1.165, 1.54) is 6.07 Å². The first-order chi connectivity index (χ1) is 8.90. The summed E-state index contributed by atoms with van der Waals surface area (Å²) in [6.07, 6.45) is 0. The first kappa shape index (κ1) is 13.7. The number of amides is 3. The summed E-state index contributed by atoms with van der Waals surface area (Å²) in [4.78, 5) is 24.8. The van der Waals surface area contributed by atoms with Crippen molar-refractivity contribution in [1.82, 2.24) is 10.2 Å². The molecule has 1 heterocycles. The highest BCUT2D eigenvalue weighted by atomic mass is 35.5. The Bertz CT molecular complexity index is 611. The van der Waals surface area contributed by atoms with E-state index in [-0.39, 0.29) is 6.54 Å². The summed E-state index contributed by atoms with van der Waals surface area (Å²) >= 11 is 11.7. The van der Waals surface area contributed by atoms with Crippen LogP contribution in [0.15, 0.2) is 18.2 Å². The van der Waals surface area contributed by atoms with Gasteiger partial charge in [-0.15, -0.1) is 0 Å². The second kappa shape index (κ2) is 4.72. The Morgan fingerprint density at radius 1 is 1.37 bits per heavy atom. The summed E-state index contributed by atoms with van der Waals surface area (Å²) in [7, 11) is 0. The van der Waals surface area contributed by atoms with Gasteiger partial charge in [0, 0.05) is 0 Å². The van der Waals surface area contributed by atoms with Gasteiger partial charge in [0.1, 0.15) is 12.1 Å². The van der Waals surface area contributed by atoms with Crippen LogP contribution in [-0.2, 0) is 10.3 Å². The lowest BCUT2D eigenvalue weighted by Gasteiger charge is -2.22. The maximum absolute atomic E-state index is 12.2. The molecule has 19 heavy (non-hydrogen) atoms. The standard InChI is InChI=1S/C12H9Cl2N3O2/c1-12(7-2-3-8(13)9(14)6-7)10(18)17(5-4-15)11(19)16-12/h2-3,6H,5H2,1H3,(H,16,19)/t12-/m1/s1. The van der Waals surface area contributed by atoms with E-state index in [4.69, 9.17) is 28.5 Å². The van der Waals surface area contributed by atoms with Crippen molar-refractivity contribution in [3.63, 3.8) is 0 Å². The van der Waals surface area contributed by atoms with Gasteiger partial charge >= 0.3 is 6.03 Å². The second-order valence-electron chi connectivity index (χ2n) is 4.23. The molecule has 1 aliphatic rings. The first-order valence-corrected chi connectivity index (χ1v) is 6.12. The third-order valence-electron chi connectivity index (χ3n) is 3.00. The number of nitriles is 1. The number of urea groups is 1. The SMILES string of the molecule is C[C@]1(c2ccc(Cl)c(Cl)c2)NC(=O)N(CC#N)C1=O. The van der Waals surface area contributed by atoms with Crippen molar-refractivity contribution in [2.75, 3.05) is 6.54 Å². The third-order valence-corrected chi connectivity index (χ3v) is 3.74. The predicted octanol–water partition coefficient (Wildman–Crippen LogP) is 2.28. The molecule has 1 saturated heterocycles. The number of benzene rings is 1. The number of hydrogen-bond acceptors (Lipinski definition) is 3. The van der Waals surface area contributed by atoms with E-state index in [1.807, 2.05) is 0 Å². The van der Waals surface area contributed by atoms with Crippen molar-refractivity contribution in [1.29, 1.82) is 5.26 Å². The molecule has 1 aromatic carbocycles. The molecular formula is C12H9Cl2N3O2. The highest BCUT2D eigenvalue weighted by Gasteiger charge is 2.48. The fraction of sp³-hybridized carbons (Fsp3) is 0.250. The van der Waals surface area contributed by atoms with Crippen molar-refractivity contribution in [3.8, 4) is 6.07 Å². The van der Waals surface area contributed by atoms with E-state index < -0.39 is 17.5 Å². The molecule has 2 rings (SSSR count). The van der Waals surface area contributed by atoms with Crippen LogP contribution in [0.1, 0.15) is 12.5 Å². The summed E-state index contributed by atoms with van der Waals surface area (Å²) in [6, 6.07) is 5.87. The van der Waals surface area contributed by atoms with Gasteiger partial charge in [0.05, 0.1) is 16.1 Å². The van der Waals surface area contributed by atoms with Crippen LogP contribution in [0.3, 0.4) is 0 Å². The lowest BCUT2D eigenvalue weighted by Crippen LogP contribution is -2.40. The summed E-state index contributed by atoms with van der Waals surface area (Å²) < 4.78 is 0. The maximum atomic E-state index is 12.2. The molecular weight excluding hydrogens is 289 g/mol. The van der Waals surface area contributed by atoms with Gasteiger partial charge in [-0.1, -0.05) is 29.3 Å². The molecule has 98 valence electrons. The largest absolute Gasteiger partial charge is 0.326 e. The smallest absolute Gasteiger partial charge is 0.319 e. The normalized spacial score (nSPS) is 22.3. The molecule has 1 aliphatic heterocycles. The van der Waals surface area contributed by atoms with Crippen molar-refractivity contribution in [2.45, 2.75) is 12.5 Å². The minimum Gasteiger partial charge on any atom is -0.319 e. The van der Waals surface area contributed by atoms with E-state index in [9.17, 15) is 9.59 Å². The molecule has 0 unspecified atom stereocenters. The van der Waals surface area contributed by atoms with Crippen LogP contribution in [-0.4, -0.2) is 23.4 Å². The Kier molecular flexibility index (Phi) is 3.40. The minimum absolute atomic E-state index is 0.290. The third kappa shape index (κ3) is 2.14. The van der Waals surface area contributed by atoms with Crippen molar-refractivity contribution in [2.24, 2.45) is 0 Å². The summed E-state index contributed by atoms with van der Waals surface area (Å²) in [5.41, 5.74) is -0.719. The monoisotopic (exact) mass is 297 g/mol. The van der Waals surface area contributed by atoms with Crippen LogP contribution in [0.5, 0.6) is 0 Å². The number of nitrogens with one attached hydrogen (secondary N) is 1. The maximum Gasteiger partial charge on any atom is 0.326 e. The topological polar surface area (TPSA) is 73.2 Å². The molecule has 1 atom stereocenters. The Hall–Kier alpha value is -1.77. The van der Waals surface area contributed by atoms with E-state index in [0.717, 1.165) is 4.90 Å². The van der Waals surface area contributed by atoms with Gasteiger partial charge in [-0.2, -0.15) is 5.26 Å². The Labute approximate surface area is 119 Å². The molecule has 1 N–H and O–H groups in total. The van der Waals surface area contributed by atoms with Crippen LogP contribution in [0.2, 0.25) is 10.0 Å². The fourth-order valence-electron chi connectivity index (χ4n) is 1.91. The minimum atomic E-state index is -1.23. The zero-order chi connectivity index (χ0) is 14.2. The molecule has 0 bridgehead atoms. The Morgan fingerprint density at radius 3 is 2.63 bits per heavy atom. The lowest BCUT2D eigenvalue weighted by molar-refractivity contribution is -0.130. The number of nitrogens with zero attached hydrogens (tertiary/aromatic N) is 2. The predicted molar refractivity (Wildman–Crippen MR) is 69.7 cm³/mol. The van der Waals surface area contributed by atoms with Gasteiger partial charge in [-0.05, 0) is 24.6 Å². The van der Waals surface area contributed by atoms with Gasteiger partial charge in [0.2, 0.25) is 0 Å². The molecule has 0 spiro atoms. The highest BCUT2D eigenvalue weighted by molar-refractivity contribution is 6.42. The molecule has 7 heteroatoms. The average Bonchev–Trinajstić information content (AvgIpc) is 2.58. The van der Waals surface area contributed by atoms with Crippen molar-refractivity contribution in [3.05, 3.63) is 33.8 Å². The molecule has 1 aromatic rings. The lowest BCUT2D eigenvalue weighted by atomic mass is 9.92. The summed E-state index contributed by atoms with van der Waals surface area (Å²) in [5.74, 6) is -0.488. The quantitative estimate of drug-likeness (QED) is 0.672. The van der Waals surface area contributed by atoms with Gasteiger partial charge in [-0.25, -0.2) is 9.69 Å². The van der Waals surface area contributed by atoms with E-state index in [1.54, 1.807) is 25.1 Å². The van der Waals surface area contributed by atoms with E-state index in [2.05, 4.69) is 5.32 Å². The zero-order valence-corrected chi connectivity index (χ0v) is 11.4. The number of rotatable bonds is 2. The molecule has 0 aromatic heterocycles.